The minimum absolute atomic E-state index is 0.0923. The van der Waals surface area contributed by atoms with Crippen molar-refractivity contribution in [2.75, 3.05) is 6.54 Å². The number of hydrogen-bond acceptors (Lipinski definition) is 4. The predicted octanol–water partition coefficient (Wildman–Crippen LogP) is 2.14. The molecule has 1 amide bonds. The molecule has 1 aromatic carbocycles. The molecule has 3 heterocycles. The van der Waals surface area contributed by atoms with Gasteiger partial charge in [0, 0.05) is 19.1 Å². The maximum atomic E-state index is 13.5. The Balaban J connectivity index is 1.87. The third kappa shape index (κ3) is 3.82. The van der Waals surface area contributed by atoms with Crippen LogP contribution in [0.25, 0.3) is 11.0 Å². The van der Waals surface area contributed by atoms with E-state index in [2.05, 4.69) is 5.10 Å². The lowest BCUT2D eigenvalue weighted by Gasteiger charge is -2.33. The lowest BCUT2D eigenvalue weighted by Crippen LogP contribution is -2.47. The summed E-state index contributed by atoms with van der Waals surface area (Å²) >= 11 is 0. The van der Waals surface area contributed by atoms with E-state index in [1.165, 1.54) is 9.13 Å². The summed E-state index contributed by atoms with van der Waals surface area (Å²) in [4.78, 5) is 41.8. The molecule has 1 fully saturated rings. The van der Waals surface area contributed by atoms with Crippen LogP contribution in [0.1, 0.15) is 44.4 Å². The molecule has 0 unspecified atom stereocenters. The first kappa shape index (κ1) is 21.1. The first-order valence-electron chi connectivity index (χ1n) is 11.0. The molecule has 0 spiro atoms. The van der Waals surface area contributed by atoms with Crippen molar-refractivity contribution in [2.45, 2.75) is 65.7 Å². The number of amides is 1. The Morgan fingerprint density at radius 2 is 1.84 bits per heavy atom. The van der Waals surface area contributed by atoms with E-state index in [0.717, 1.165) is 24.8 Å². The molecule has 1 aliphatic heterocycles. The molecule has 8 nitrogen and oxygen atoms in total. The van der Waals surface area contributed by atoms with Gasteiger partial charge in [-0.2, -0.15) is 5.10 Å². The molecule has 0 aliphatic carbocycles. The Labute approximate surface area is 180 Å². The molecule has 8 heteroatoms. The van der Waals surface area contributed by atoms with E-state index in [4.69, 9.17) is 0 Å². The Bertz CT molecular complexity index is 1220. The maximum Gasteiger partial charge on any atom is 0.332 e. The summed E-state index contributed by atoms with van der Waals surface area (Å²) in [6.45, 7) is 6.99. The molecule has 1 aliphatic rings. The highest BCUT2D eigenvalue weighted by atomic mass is 16.2. The SMILES string of the molecule is CCn1nc(C)c2c1c(=O)n(Cc1ccccc1)c(=O)n2CC(=O)N1CCCC[C@H]1C. The van der Waals surface area contributed by atoms with Crippen molar-refractivity contribution in [1.29, 1.82) is 0 Å². The fourth-order valence-corrected chi connectivity index (χ4v) is 4.54. The van der Waals surface area contributed by atoms with Crippen molar-refractivity contribution in [2.24, 2.45) is 0 Å². The van der Waals surface area contributed by atoms with Gasteiger partial charge in [-0.15, -0.1) is 0 Å². The van der Waals surface area contributed by atoms with Crippen LogP contribution in [0.3, 0.4) is 0 Å². The van der Waals surface area contributed by atoms with Crippen LogP contribution in [0.5, 0.6) is 0 Å². The van der Waals surface area contributed by atoms with Crippen molar-refractivity contribution in [1.82, 2.24) is 23.8 Å². The van der Waals surface area contributed by atoms with Gasteiger partial charge in [-0.1, -0.05) is 30.3 Å². The molecule has 31 heavy (non-hydrogen) atoms. The zero-order valence-corrected chi connectivity index (χ0v) is 18.4. The van der Waals surface area contributed by atoms with Crippen LogP contribution < -0.4 is 11.2 Å². The Kier molecular flexibility index (Phi) is 5.80. The Morgan fingerprint density at radius 3 is 2.52 bits per heavy atom. The summed E-state index contributed by atoms with van der Waals surface area (Å²) in [6, 6.07) is 9.55. The van der Waals surface area contributed by atoms with E-state index in [-0.39, 0.29) is 30.6 Å². The van der Waals surface area contributed by atoms with Gasteiger partial charge < -0.3 is 4.90 Å². The number of likely N-dealkylation sites (tertiary alicyclic amines) is 1. The molecular weight excluding hydrogens is 394 g/mol. The average molecular weight is 424 g/mol. The topological polar surface area (TPSA) is 82.1 Å². The van der Waals surface area contributed by atoms with Crippen molar-refractivity contribution in [3.63, 3.8) is 0 Å². The summed E-state index contributed by atoms with van der Waals surface area (Å²) in [5, 5.41) is 4.47. The van der Waals surface area contributed by atoms with Crippen LogP contribution in [-0.2, 0) is 24.4 Å². The molecule has 0 radical (unpaired) electrons. The van der Waals surface area contributed by atoms with Crippen molar-refractivity contribution in [3.8, 4) is 0 Å². The Hall–Kier alpha value is -3.16. The maximum absolute atomic E-state index is 13.5. The molecule has 2 aromatic heterocycles. The van der Waals surface area contributed by atoms with Crippen LogP contribution in [0.15, 0.2) is 39.9 Å². The largest absolute Gasteiger partial charge is 0.338 e. The van der Waals surface area contributed by atoms with Crippen LogP contribution in [-0.4, -0.2) is 42.3 Å². The highest BCUT2D eigenvalue weighted by Crippen LogP contribution is 2.18. The minimum Gasteiger partial charge on any atom is -0.338 e. The standard InChI is InChI=1S/C23H29N5O3/c1-4-28-21-20(17(3)24-28)26(15-19(29)25-13-9-8-10-16(25)2)23(31)27(22(21)30)14-18-11-6-5-7-12-18/h5-7,11-12,16H,4,8-10,13-15H2,1-3H3/t16-/m1/s1. The highest BCUT2D eigenvalue weighted by Gasteiger charge is 2.26. The van der Waals surface area contributed by atoms with Crippen LogP contribution in [0.4, 0.5) is 0 Å². The van der Waals surface area contributed by atoms with Gasteiger partial charge >= 0.3 is 5.69 Å². The predicted molar refractivity (Wildman–Crippen MR) is 119 cm³/mol. The molecule has 1 atom stereocenters. The first-order valence-corrected chi connectivity index (χ1v) is 11.0. The second-order valence-corrected chi connectivity index (χ2v) is 8.28. The second-order valence-electron chi connectivity index (χ2n) is 8.28. The highest BCUT2D eigenvalue weighted by molar-refractivity contribution is 5.81. The van der Waals surface area contributed by atoms with E-state index in [1.54, 1.807) is 11.6 Å². The molecule has 0 saturated carbocycles. The number of carbonyl (C=O) groups is 1. The molecular formula is C23H29N5O3. The summed E-state index contributed by atoms with van der Waals surface area (Å²) in [5.74, 6) is -0.0934. The molecule has 4 rings (SSSR count). The number of rotatable bonds is 5. The van der Waals surface area contributed by atoms with E-state index >= 15 is 0 Å². The average Bonchev–Trinajstić information content (AvgIpc) is 3.11. The number of aromatic nitrogens is 4. The second kappa shape index (κ2) is 8.53. The van der Waals surface area contributed by atoms with Gasteiger partial charge in [-0.3, -0.25) is 23.4 Å². The van der Waals surface area contributed by atoms with E-state index in [9.17, 15) is 14.4 Å². The van der Waals surface area contributed by atoms with Gasteiger partial charge in [0.2, 0.25) is 5.91 Å². The fourth-order valence-electron chi connectivity index (χ4n) is 4.54. The summed E-state index contributed by atoms with van der Waals surface area (Å²) < 4.78 is 4.29. The van der Waals surface area contributed by atoms with Crippen LogP contribution in [0, 0.1) is 6.92 Å². The molecule has 0 bridgehead atoms. The monoisotopic (exact) mass is 423 g/mol. The van der Waals surface area contributed by atoms with Gasteiger partial charge in [0.1, 0.15) is 12.1 Å². The Morgan fingerprint density at radius 1 is 1.10 bits per heavy atom. The molecule has 164 valence electrons. The summed E-state index contributed by atoms with van der Waals surface area (Å²) in [7, 11) is 0. The van der Waals surface area contributed by atoms with Gasteiger partial charge in [0.05, 0.1) is 12.2 Å². The van der Waals surface area contributed by atoms with Crippen LogP contribution >= 0.6 is 0 Å². The number of hydrogen-bond donors (Lipinski definition) is 0. The minimum atomic E-state index is -0.474. The molecule has 0 N–H and O–H groups in total. The number of aryl methyl sites for hydroxylation is 2. The number of carbonyl (C=O) groups excluding carboxylic acids is 1. The van der Waals surface area contributed by atoms with Gasteiger partial charge in [0.15, 0.2) is 5.52 Å². The summed E-state index contributed by atoms with van der Waals surface area (Å²) in [5.41, 5.74) is 1.41. The van der Waals surface area contributed by atoms with Crippen molar-refractivity contribution in [3.05, 3.63) is 62.4 Å². The van der Waals surface area contributed by atoms with Gasteiger partial charge in [0.25, 0.3) is 5.56 Å². The third-order valence-corrected chi connectivity index (χ3v) is 6.18. The quantitative estimate of drug-likeness (QED) is 0.630. The lowest BCUT2D eigenvalue weighted by molar-refractivity contribution is -0.135. The van der Waals surface area contributed by atoms with Crippen LogP contribution in [0.2, 0.25) is 0 Å². The molecule has 3 aromatic rings. The normalized spacial score (nSPS) is 16.7. The van der Waals surface area contributed by atoms with Gasteiger partial charge in [-0.25, -0.2) is 4.79 Å². The first-order chi connectivity index (χ1) is 14.9. The zero-order chi connectivity index (χ0) is 22.1. The number of fused-ring (bicyclic) bond motifs is 1. The lowest BCUT2D eigenvalue weighted by atomic mass is 10.0. The number of nitrogens with zero attached hydrogens (tertiary/aromatic N) is 5. The molecule has 1 saturated heterocycles. The fraction of sp³-hybridized carbons (Fsp3) is 0.478. The number of piperidine rings is 1. The zero-order valence-electron chi connectivity index (χ0n) is 18.4. The summed E-state index contributed by atoms with van der Waals surface area (Å²) in [6.07, 6.45) is 3.05. The van der Waals surface area contributed by atoms with E-state index < -0.39 is 5.69 Å². The smallest absolute Gasteiger partial charge is 0.332 e. The van der Waals surface area contributed by atoms with E-state index in [0.29, 0.717) is 29.8 Å². The van der Waals surface area contributed by atoms with Crippen molar-refractivity contribution < 1.29 is 4.79 Å². The number of benzene rings is 1. The third-order valence-electron chi connectivity index (χ3n) is 6.18. The van der Waals surface area contributed by atoms with E-state index in [1.807, 2.05) is 49.1 Å². The van der Waals surface area contributed by atoms with Gasteiger partial charge in [-0.05, 0) is 45.6 Å². The van der Waals surface area contributed by atoms with Crippen molar-refractivity contribution >= 4 is 16.9 Å².